The van der Waals surface area contributed by atoms with Crippen LogP contribution in [0.4, 0.5) is 0 Å². The molecule has 0 rings (SSSR count). The SMILES string of the molecule is C[N+](C)(C)CCOCC(O)CO.NC(N)=NCCC[C@H](N)C(=O)[O-].OCC(O)CO. The second kappa shape index (κ2) is 20.7. The zero-order valence-electron chi connectivity index (χ0n) is 18.2. The van der Waals surface area contributed by atoms with E-state index in [2.05, 4.69) is 26.1 Å². The average molecular weight is 444 g/mol. The van der Waals surface area contributed by atoms with Gasteiger partial charge in [-0.3, -0.25) is 4.99 Å². The molecule has 0 spiro atoms. The summed E-state index contributed by atoms with van der Waals surface area (Å²) in [7, 11) is 6.23. The summed E-state index contributed by atoms with van der Waals surface area (Å²) in [4.78, 5) is 13.8. The number of aliphatic hydroxyl groups is 5. The van der Waals surface area contributed by atoms with Crippen LogP contribution in [0.25, 0.3) is 0 Å². The Hall–Kier alpha value is -1.58. The molecular weight excluding hydrogens is 402 g/mol. The second-order valence-corrected chi connectivity index (χ2v) is 7.32. The number of carbonyl (C=O) groups is 1. The largest absolute Gasteiger partial charge is 0.548 e. The van der Waals surface area contributed by atoms with Gasteiger partial charge in [-0.15, -0.1) is 0 Å². The van der Waals surface area contributed by atoms with E-state index in [0.717, 1.165) is 11.0 Å². The minimum absolute atomic E-state index is 0.00276. The zero-order valence-corrected chi connectivity index (χ0v) is 18.2. The first-order chi connectivity index (χ1) is 13.8. The van der Waals surface area contributed by atoms with Crippen molar-refractivity contribution in [2.45, 2.75) is 31.1 Å². The van der Waals surface area contributed by atoms with E-state index in [0.29, 0.717) is 26.0 Å². The summed E-state index contributed by atoms with van der Waals surface area (Å²) in [5.74, 6) is -1.25. The normalized spacial score (nSPS) is 12.7. The first-order valence-electron chi connectivity index (χ1n) is 9.39. The molecule has 0 aliphatic rings. The lowest BCUT2D eigenvalue weighted by Crippen LogP contribution is -2.41. The third-order valence-corrected chi connectivity index (χ3v) is 3.12. The Kier molecular flexibility index (Phi) is 22.8. The van der Waals surface area contributed by atoms with Gasteiger partial charge in [0, 0.05) is 12.6 Å². The lowest BCUT2D eigenvalue weighted by Gasteiger charge is -2.23. The molecule has 2 atom stereocenters. The van der Waals surface area contributed by atoms with Crippen molar-refractivity contribution in [1.82, 2.24) is 0 Å². The maximum atomic E-state index is 10.1. The van der Waals surface area contributed by atoms with E-state index in [-0.39, 0.29) is 32.4 Å². The first kappa shape index (κ1) is 33.1. The maximum Gasteiger partial charge on any atom is 0.185 e. The number of aliphatic carboxylic acids is 1. The van der Waals surface area contributed by atoms with Crippen LogP contribution in [0.5, 0.6) is 0 Å². The third-order valence-electron chi connectivity index (χ3n) is 3.12. The maximum absolute atomic E-state index is 10.1. The van der Waals surface area contributed by atoms with Gasteiger partial charge < -0.3 is 61.9 Å². The Labute approximate surface area is 178 Å². The van der Waals surface area contributed by atoms with E-state index in [1.54, 1.807) is 0 Å². The number of rotatable bonds is 13. The zero-order chi connectivity index (χ0) is 24.2. The number of hydrogen-bond donors (Lipinski definition) is 8. The molecule has 0 bridgehead atoms. The van der Waals surface area contributed by atoms with Crippen molar-refractivity contribution >= 4 is 11.9 Å². The number of carboxylic acid groups (broad SMARTS) is 1. The summed E-state index contributed by atoms with van der Waals surface area (Å²) in [6.07, 6.45) is -0.839. The fourth-order valence-electron chi connectivity index (χ4n) is 1.31. The molecule has 1 unspecified atom stereocenters. The highest BCUT2D eigenvalue weighted by atomic mass is 16.5. The molecule has 0 heterocycles. The predicted octanol–water partition coefficient (Wildman–Crippen LogP) is -5.49. The lowest BCUT2D eigenvalue weighted by atomic mass is 10.2. The number of guanidine groups is 1. The van der Waals surface area contributed by atoms with E-state index in [1.165, 1.54) is 0 Å². The minimum atomic E-state index is -1.25. The molecule has 30 heavy (non-hydrogen) atoms. The quantitative estimate of drug-likeness (QED) is 0.0577. The van der Waals surface area contributed by atoms with Gasteiger partial charge in [-0.1, -0.05) is 0 Å². The van der Waals surface area contributed by atoms with Crippen molar-refractivity contribution in [3.8, 4) is 0 Å². The van der Waals surface area contributed by atoms with Gasteiger partial charge in [0.1, 0.15) is 18.8 Å². The van der Waals surface area contributed by atoms with Crippen LogP contribution in [0, 0.1) is 0 Å². The van der Waals surface area contributed by atoms with Crippen LogP contribution in [0.3, 0.4) is 0 Å². The van der Waals surface area contributed by atoms with Crippen LogP contribution >= 0.6 is 0 Å². The van der Waals surface area contributed by atoms with Gasteiger partial charge in [0.2, 0.25) is 0 Å². The van der Waals surface area contributed by atoms with Crippen molar-refractivity contribution in [1.29, 1.82) is 0 Å². The molecule has 0 aromatic carbocycles. The monoisotopic (exact) mass is 443 g/mol. The van der Waals surface area contributed by atoms with E-state index in [1.807, 2.05) is 0 Å². The van der Waals surface area contributed by atoms with Crippen LogP contribution in [0.2, 0.25) is 0 Å². The predicted molar refractivity (Wildman–Crippen MR) is 110 cm³/mol. The van der Waals surface area contributed by atoms with Gasteiger partial charge in [-0.25, -0.2) is 0 Å². The number of quaternary nitrogens is 1. The standard InChI is InChI=1S/C8H20NO3.C6H14N4O2.C3H8O3/c1-9(2,3)4-5-12-7-8(11)6-10;7-4(5(11)12)2-1-3-10-6(8)9;4-1-3(6)2-5/h8,10-11H,4-7H2,1-3H3;4H,1-3,7H2,(H,11,12)(H4,8,9,10);3-6H,1-2H2/q+1;;/p-1/t;4-;/m.0./s1. The molecule has 0 saturated carbocycles. The van der Waals surface area contributed by atoms with Crippen LogP contribution < -0.4 is 22.3 Å². The average Bonchev–Trinajstić information content (AvgIpc) is 2.67. The lowest BCUT2D eigenvalue weighted by molar-refractivity contribution is -0.870. The van der Waals surface area contributed by atoms with E-state index >= 15 is 0 Å². The Morgan fingerprint density at radius 2 is 1.57 bits per heavy atom. The molecule has 0 fully saturated rings. The summed E-state index contributed by atoms with van der Waals surface area (Å²) in [6, 6.07) is -0.931. The highest BCUT2D eigenvalue weighted by Crippen LogP contribution is 1.93. The fraction of sp³-hybridized carbons (Fsp3) is 0.882. The third kappa shape index (κ3) is 31.1. The molecule has 11 N–H and O–H groups in total. The number of carbonyl (C=O) groups excluding carboxylic acids is 1. The molecule has 182 valence electrons. The molecule has 0 radical (unpaired) electrons. The van der Waals surface area contributed by atoms with Crippen LogP contribution in [-0.2, 0) is 9.53 Å². The summed E-state index contributed by atoms with van der Waals surface area (Å²) >= 11 is 0. The summed E-state index contributed by atoms with van der Waals surface area (Å²) in [5, 5.41) is 51.5. The second-order valence-electron chi connectivity index (χ2n) is 7.32. The van der Waals surface area contributed by atoms with Gasteiger partial charge in [0.25, 0.3) is 0 Å². The number of aliphatic hydroxyl groups excluding tert-OH is 5. The van der Waals surface area contributed by atoms with Crippen molar-refractivity contribution < 1.29 is 44.7 Å². The first-order valence-corrected chi connectivity index (χ1v) is 9.39. The molecule has 0 aliphatic heterocycles. The number of likely N-dealkylation sites (N-methyl/N-ethyl adjacent to an activating group) is 1. The number of hydrogen-bond acceptors (Lipinski definition) is 10. The highest BCUT2D eigenvalue weighted by molar-refractivity contribution is 5.75. The minimum Gasteiger partial charge on any atom is -0.548 e. The number of nitrogens with two attached hydrogens (primary N) is 3. The summed E-state index contributed by atoms with van der Waals surface area (Å²) in [5.41, 5.74) is 15.2. The van der Waals surface area contributed by atoms with Crippen molar-refractivity contribution in [2.24, 2.45) is 22.2 Å². The number of carboxylic acids is 1. The Bertz CT molecular complexity index is 427. The van der Waals surface area contributed by atoms with Gasteiger partial charge >= 0.3 is 0 Å². The van der Waals surface area contributed by atoms with Crippen molar-refractivity contribution in [3.63, 3.8) is 0 Å². The Balaban J connectivity index is -0.000000386. The van der Waals surface area contributed by atoms with Gasteiger partial charge in [-0.2, -0.15) is 0 Å². The molecule has 0 aromatic rings. The molecule has 0 amide bonds. The number of nitrogens with zero attached hydrogens (tertiary/aromatic N) is 2. The van der Waals surface area contributed by atoms with Crippen LogP contribution in [-0.4, -0.2) is 127 Å². The van der Waals surface area contributed by atoms with Crippen LogP contribution in [0.1, 0.15) is 12.8 Å². The van der Waals surface area contributed by atoms with Gasteiger partial charge in [-0.05, 0) is 12.8 Å². The molecular formula is C17H41N5O8. The van der Waals surface area contributed by atoms with Crippen molar-refractivity contribution in [3.05, 3.63) is 0 Å². The molecule has 0 aromatic heterocycles. The van der Waals surface area contributed by atoms with E-state index in [9.17, 15) is 9.90 Å². The van der Waals surface area contributed by atoms with Crippen LogP contribution in [0.15, 0.2) is 4.99 Å². The summed E-state index contributed by atoms with van der Waals surface area (Å²) in [6.45, 7) is 1.16. The molecule has 13 nitrogen and oxygen atoms in total. The molecule has 13 heteroatoms. The number of ether oxygens (including phenoxy) is 1. The van der Waals surface area contributed by atoms with Crippen molar-refractivity contribution in [2.75, 3.05) is 67.3 Å². The van der Waals surface area contributed by atoms with E-state index in [4.69, 9.17) is 47.5 Å². The smallest absolute Gasteiger partial charge is 0.185 e. The van der Waals surface area contributed by atoms with E-state index < -0.39 is 24.2 Å². The molecule has 0 saturated heterocycles. The molecule has 0 aliphatic carbocycles. The Morgan fingerprint density at radius 3 is 1.90 bits per heavy atom. The fourth-order valence-corrected chi connectivity index (χ4v) is 1.31. The number of aliphatic imine (C=N–C) groups is 1. The topological polar surface area (TPSA) is 241 Å². The van der Waals surface area contributed by atoms with Gasteiger partial charge in [0.05, 0.1) is 60.1 Å². The summed E-state index contributed by atoms with van der Waals surface area (Å²) < 4.78 is 5.98. The Morgan fingerprint density at radius 1 is 1.07 bits per heavy atom. The highest BCUT2D eigenvalue weighted by Gasteiger charge is 2.07. The van der Waals surface area contributed by atoms with Gasteiger partial charge in [0.15, 0.2) is 5.96 Å².